The predicted octanol–water partition coefficient (Wildman–Crippen LogP) is 0.612. The first-order valence-electron chi connectivity index (χ1n) is 4.34. The highest BCUT2D eigenvalue weighted by atomic mass is 16.5. The van der Waals surface area contributed by atoms with Crippen molar-refractivity contribution in [3.63, 3.8) is 0 Å². The first kappa shape index (κ1) is 10.9. The van der Waals surface area contributed by atoms with Gasteiger partial charge in [0.2, 0.25) is 0 Å². The van der Waals surface area contributed by atoms with E-state index in [1.165, 1.54) is 0 Å². The highest BCUT2D eigenvalue weighted by molar-refractivity contribution is 6.23. The van der Waals surface area contributed by atoms with Gasteiger partial charge in [0.1, 0.15) is 5.75 Å². The Kier molecular flexibility index (Phi) is 4.06. The highest BCUT2D eigenvalue weighted by Gasteiger charge is 2.00. The Hall–Kier alpha value is -2.13. The number of nitrogens with one attached hydrogen (secondary N) is 1. The topological polar surface area (TPSA) is 74.7 Å². The lowest BCUT2D eigenvalue weighted by atomic mass is 10.2. The third-order valence-electron chi connectivity index (χ3n) is 1.80. The quantitative estimate of drug-likeness (QED) is 0.444. The SMILES string of the molecule is COc1ccc(CNC(=O)C=[N+]=[N-])cc1. The highest BCUT2D eigenvalue weighted by Crippen LogP contribution is 2.10. The van der Waals surface area contributed by atoms with Gasteiger partial charge in [-0.2, -0.15) is 4.79 Å². The smallest absolute Gasteiger partial charge is 0.344 e. The Balaban J connectivity index is 2.51. The predicted molar refractivity (Wildman–Crippen MR) is 54.5 cm³/mol. The van der Waals surface area contributed by atoms with Crippen molar-refractivity contribution in [2.75, 3.05) is 7.11 Å². The summed E-state index contributed by atoms with van der Waals surface area (Å²) < 4.78 is 4.99. The number of benzene rings is 1. The van der Waals surface area contributed by atoms with Crippen LogP contribution >= 0.6 is 0 Å². The molecule has 0 aliphatic heterocycles. The van der Waals surface area contributed by atoms with Gasteiger partial charge < -0.3 is 15.6 Å². The number of hydrogen-bond donors (Lipinski definition) is 1. The molecule has 5 nitrogen and oxygen atoms in total. The third kappa shape index (κ3) is 3.62. The molecule has 0 radical (unpaired) electrons. The van der Waals surface area contributed by atoms with Crippen LogP contribution in [-0.4, -0.2) is 24.0 Å². The number of hydrogen-bond acceptors (Lipinski definition) is 2. The molecule has 0 heterocycles. The fraction of sp³-hybridized carbons (Fsp3) is 0.200. The van der Waals surface area contributed by atoms with Crippen LogP contribution in [0.5, 0.6) is 5.75 Å². The van der Waals surface area contributed by atoms with Crippen LogP contribution in [0.2, 0.25) is 0 Å². The van der Waals surface area contributed by atoms with E-state index in [0.29, 0.717) is 6.54 Å². The second-order valence-corrected chi connectivity index (χ2v) is 2.81. The van der Waals surface area contributed by atoms with Crippen LogP contribution in [0.4, 0.5) is 0 Å². The molecule has 78 valence electrons. The summed E-state index contributed by atoms with van der Waals surface area (Å²) >= 11 is 0. The zero-order valence-corrected chi connectivity index (χ0v) is 8.30. The van der Waals surface area contributed by atoms with Crippen molar-refractivity contribution in [2.45, 2.75) is 6.54 Å². The lowest BCUT2D eigenvalue weighted by Crippen LogP contribution is -2.23. The van der Waals surface area contributed by atoms with Gasteiger partial charge >= 0.3 is 12.1 Å². The first-order valence-corrected chi connectivity index (χ1v) is 4.34. The summed E-state index contributed by atoms with van der Waals surface area (Å²) in [6.45, 7) is 0.384. The maximum atomic E-state index is 10.9. The molecule has 1 aromatic carbocycles. The van der Waals surface area contributed by atoms with Gasteiger partial charge in [0.05, 0.1) is 7.11 Å². The zero-order valence-electron chi connectivity index (χ0n) is 8.30. The number of carbonyl (C=O) groups excluding carboxylic acids is 1. The molecule has 0 bridgehead atoms. The average Bonchev–Trinajstić information content (AvgIpc) is 2.27. The maximum absolute atomic E-state index is 10.9. The summed E-state index contributed by atoms with van der Waals surface area (Å²) in [5.41, 5.74) is 9.03. The fourth-order valence-corrected chi connectivity index (χ4v) is 1.03. The van der Waals surface area contributed by atoms with Gasteiger partial charge in [-0.05, 0) is 17.7 Å². The molecule has 0 saturated heterocycles. The summed E-state index contributed by atoms with van der Waals surface area (Å²) in [5, 5.41) is 2.55. The Morgan fingerprint density at radius 3 is 2.73 bits per heavy atom. The van der Waals surface area contributed by atoms with Gasteiger partial charge in [-0.3, -0.25) is 4.79 Å². The number of ether oxygens (including phenoxy) is 1. The van der Waals surface area contributed by atoms with Crippen LogP contribution < -0.4 is 10.1 Å². The lowest BCUT2D eigenvalue weighted by Gasteiger charge is -2.02. The molecule has 0 fully saturated rings. The van der Waals surface area contributed by atoms with Crippen molar-refractivity contribution in [3.05, 3.63) is 35.4 Å². The maximum Gasteiger partial charge on any atom is 0.344 e. The molecule has 15 heavy (non-hydrogen) atoms. The Bertz CT molecular complexity index is 380. The van der Waals surface area contributed by atoms with Crippen molar-refractivity contribution < 1.29 is 14.3 Å². The normalized spacial score (nSPS) is 8.87. The van der Waals surface area contributed by atoms with Crippen LogP contribution in [0.1, 0.15) is 5.56 Å². The summed E-state index contributed by atoms with van der Waals surface area (Å²) in [6.07, 6.45) is 0.809. The molecule has 0 aliphatic carbocycles. The molecule has 0 aromatic heterocycles. The van der Waals surface area contributed by atoms with E-state index in [1.54, 1.807) is 7.11 Å². The molecule has 0 spiro atoms. The van der Waals surface area contributed by atoms with Crippen molar-refractivity contribution >= 4 is 12.1 Å². The van der Waals surface area contributed by atoms with E-state index in [-0.39, 0.29) is 0 Å². The Morgan fingerprint density at radius 1 is 1.53 bits per heavy atom. The Labute approximate surface area is 87.3 Å². The van der Waals surface area contributed by atoms with Gasteiger partial charge in [-0.1, -0.05) is 12.1 Å². The minimum absolute atomic E-state index is 0.384. The summed E-state index contributed by atoms with van der Waals surface area (Å²) in [7, 11) is 1.59. The van der Waals surface area contributed by atoms with E-state index in [0.717, 1.165) is 17.5 Å². The molecule has 0 saturated carbocycles. The van der Waals surface area contributed by atoms with E-state index in [9.17, 15) is 4.79 Å². The molecule has 1 amide bonds. The second kappa shape index (κ2) is 5.57. The number of methoxy groups -OCH3 is 1. The first-order chi connectivity index (χ1) is 7.26. The zero-order chi connectivity index (χ0) is 11.1. The number of nitrogens with zero attached hydrogens (tertiary/aromatic N) is 2. The van der Waals surface area contributed by atoms with Crippen LogP contribution in [0.15, 0.2) is 24.3 Å². The summed E-state index contributed by atoms with van der Waals surface area (Å²) in [6, 6.07) is 7.30. The number of carbonyl (C=O) groups is 1. The van der Waals surface area contributed by atoms with Crippen molar-refractivity contribution in [2.24, 2.45) is 0 Å². The number of rotatable bonds is 4. The van der Waals surface area contributed by atoms with Gasteiger partial charge in [0.25, 0.3) is 0 Å². The van der Waals surface area contributed by atoms with Gasteiger partial charge in [-0.15, -0.1) is 0 Å². The molecule has 5 heteroatoms. The largest absolute Gasteiger partial charge is 0.497 e. The summed E-state index contributed by atoms with van der Waals surface area (Å²) in [5.74, 6) is 0.329. The van der Waals surface area contributed by atoms with E-state index in [4.69, 9.17) is 10.3 Å². The monoisotopic (exact) mass is 205 g/mol. The van der Waals surface area contributed by atoms with Crippen molar-refractivity contribution in [3.8, 4) is 5.75 Å². The summed E-state index contributed by atoms with van der Waals surface area (Å²) in [4.78, 5) is 13.5. The van der Waals surface area contributed by atoms with E-state index < -0.39 is 5.91 Å². The fourth-order valence-electron chi connectivity index (χ4n) is 1.03. The van der Waals surface area contributed by atoms with Crippen molar-refractivity contribution in [1.82, 2.24) is 5.32 Å². The molecular weight excluding hydrogens is 194 g/mol. The van der Waals surface area contributed by atoms with E-state index in [2.05, 4.69) is 10.1 Å². The van der Waals surface area contributed by atoms with Crippen molar-refractivity contribution in [1.29, 1.82) is 0 Å². The molecule has 1 aromatic rings. The molecule has 1 rings (SSSR count). The minimum atomic E-state index is -0.437. The lowest BCUT2D eigenvalue weighted by molar-refractivity contribution is -0.118. The minimum Gasteiger partial charge on any atom is -0.497 e. The van der Waals surface area contributed by atoms with E-state index >= 15 is 0 Å². The van der Waals surface area contributed by atoms with E-state index in [1.807, 2.05) is 24.3 Å². The molecular formula is C10H11N3O2. The molecule has 0 aliphatic rings. The second-order valence-electron chi connectivity index (χ2n) is 2.81. The van der Waals surface area contributed by atoms with Gasteiger partial charge in [0.15, 0.2) is 0 Å². The molecule has 1 N–H and O–H groups in total. The average molecular weight is 205 g/mol. The third-order valence-corrected chi connectivity index (χ3v) is 1.80. The molecule has 0 unspecified atom stereocenters. The van der Waals surface area contributed by atoms with Crippen LogP contribution in [-0.2, 0) is 11.3 Å². The van der Waals surface area contributed by atoms with Gasteiger partial charge in [0, 0.05) is 6.54 Å². The van der Waals surface area contributed by atoms with Crippen LogP contribution in [0.3, 0.4) is 0 Å². The van der Waals surface area contributed by atoms with Crippen LogP contribution in [0, 0.1) is 0 Å². The Morgan fingerprint density at radius 2 is 2.20 bits per heavy atom. The standard InChI is InChI=1S/C10H11N3O2/c1-15-9-4-2-8(3-5-9)6-12-10(14)7-13-11/h2-5,7H,6H2,1H3,(H,12,14). The molecule has 0 atom stereocenters. The number of amides is 1. The van der Waals surface area contributed by atoms with Gasteiger partial charge in [-0.25, -0.2) is 0 Å². The van der Waals surface area contributed by atoms with Crippen LogP contribution in [0.25, 0.3) is 5.53 Å².